The first-order valence-electron chi connectivity index (χ1n) is 7.13. The Balaban J connectivity index is 2.17. The number of H-pyrrole nitrogens is 1. The van der Waals surface area contributed by atoms with E-state index in [0.717, 1.165) is 31.5 Å². The number of nitrogens with one attached hydrogen (secondary N) is 1. The van der Waals surface area contributed by atoms with Crippen molar-refractivity contribution in [3.63, 3.8) is 0 Å². The Morgan fingerprint density at radius 1 is 1.50 bits per heavy atom. The van der Waals surface area contributed by atoms with Gasteiger partial charge in [-0.05, 0) is 31.2 Å². The molecule has 6 nitrogen and oxygen atoms in total. The summed E-state index contributed by atoms with van der Waals surface area (Å²) in [5, 5.41) is 6.76. The summed E-state index contributed by atoms with van der Waals surface area (Å²) in [5.41, 5.74) is 6.24. The molecule has 110 valence electrons. The van der Waals surface area contributed by atoms with E-state index in [9.17, 15) is 9.59 Å². The first kappa shape index (κ1) is 14.6. The summed E-state index contributed by atoms with van der Waals surface area (Å²) < 4.78 is 0. The van der Waals surface area contributed by atoms with Crippen molar-refractivity contribution in [2.75, 3.05) is 6.54 Å². The van der Waals surface area contributed by atoms with Gasteiger partial charge in [-0.2, -0.15) is 5.10 Å². The number of carbonyl (C=O) groups is 2. The molecule has 1 fully saturated rings. The number of aromatic amines is 1. The number of aromatic nitrogens is 2. The van der Waals surface area contributed by atoms with Crippen molar-refractivity contribution >= 4 is 11.8 Å². The Hall–Kier alpha value is -1.85. The van der Waals surface area contributed by atoms with E-state index in [1.165, 1.54) is 0 Å². The average Bonchev–Trinajstić information content (AvgIpc) is 2.87. The van der Waals surface area contributed by atoms with Crippen molar-refractivity contribution in [2.45, 2.75) is 45.6 Å². The summed E-state index contributed by atoms with van der Waals surface area (Å²) in [6.07, 6.45) is 3.54. The highest BCUT2D eigenvalue weighted by Gasteiger charge is 2.29. The second kappa shape index (κ2) is 6.07. The highest BCUT2D eigenvalue weighted by molar-refractivity contribution is 5.90. The fourth-order valence-electron chi connectivity index (χ4n) is 2.65. The third kappa shape index (κ3) is 3.18. The lowest BCUT2D eigenvalue weighted by molar-refractivity contribution is -0.136. The summed E-state index contributed by atoms with van der Waals surface area (Å²) in [4.78, 5) is 25.4. The van der Waals surface area contributed by atoms with Gasteiger partial charge in [0.1, 0.15) is 5.69 Å². The Kier molecular flexibility index (Phi) is 4.42. The number of rotatable bonds is 4. The molecule has 1 atom stereocenters. The zero-order valence-electron chi connectivity index (χ0n) is 12.1. The lowest BCUT2D eigenvalue weighted by Gasteiger charge is -2.35. The van der Waals surface area contributed by atoms with Crippen LogP contribution in [0.25, 0.3) is 0 Å². The molecule has 2 amide bonds. The molecular weight excluding hydrogens is 256 g/mol. The monoisotopic (exact) mass is 278 g/mol. The Morgan fingerprint density at radius 3 is 2.85 bits per heavy atom. The average molecular weight is 278 g/mol. The second-order valence-corrected chi connectivity index (χ2v) is 5.77. The minimum absolute atomic E-state index is 0.0180. The normalized spacial score (nSPS) is 19.4. The van der Waals surface area contributed by atoms with Gasteiger partial charge >= 0.3 is 0 Å². The van der Waals surface area contributed by atoms with Crippen molar-refractivity contribution in [1.82, 2.24) is 15.1 Å². The van der Waals surface area contributed by atoms with Crippen molar-refractivity contribution in [3.05, 3.63) is 17.5 Å². The molecule has 0 bridgehead atoms. The molecule has 0 aromatic carbocycles. The number of primary amides is 1. The maximum absolute atomic E-state index is 12.3. The molecule has 1 saturated heterocycles. The quantitative estimate of drug-likeness (QED) is 0.876. The summed E-state index contributed by atoms with van der Waals surface area (Å²) in [5.74, 6) is -0.0451. The van der Waals surface area contributed by atoms with Crippen LogP contribution in [0.15, 0.2) is 6.07 Å². The molecule has 1 aromatic rings. The van der Waals surface area contributed by atoms with Gasteiger partial charge in [0.2, 0.25) is 5.91 Å². The van der Waals surface area contributed by atoms with Gasteiger partial charge in [-0.15, -0.1) is 0 Å². The van der Waals surface area contributed by atoms with Gasteiger partial charge < -0.3 is 10.6 Å². The lowest BCUT2D eigenvalue weighted by atomic mass is 9.97. The van der Waals surface area contributed by atoms with Crippen molar-refractivity contribution in [3.8, 4) is 0 Å². The predicted molar refractivity (Wildman–Crippen MR) is 74.9 cm³/mol. The van der Waals surface area contributed by atoms with Crippen LogP contribution in [0.5, 0.6) is 0 Å². The van der Waals surface area contributed by atoms with Crippen LogP contribution in [-0.4, -0.2) is 33.5 Å². The van der Waals surface area contributed by atoms with Gasteiger partial charge in [0, 0.05) is 13.0 Å². The number of hydrogen-bond acceptors (Lipinski definition) is 3. The molecule has 6 heteroatoms. The lowest BCUT2D eigenvalue weighted by Crippen LogP contribution is -2.39. The topological polar surface area (TPSA) is 92.1 Å². The highest BCUT2D eigenvalue weighted by atomic mass is 16.2. The third-order valence-corrected chi connectivity index (χ3v) is 3.62. The number of carbonyl (C=O) groups excluding carboxylic acids is 2. The van der Waals surface area contributed by atoms with E-state index in [4.69, 9.17) is 5.73 Å². The second-order valence-electron chi connectivity index (χ2n) is 5.77. The maximum atomic E-state index is 12.3. The van der Waals surface area contributed by atoms with Gasteiger partial charge in [-0.25, -0.2) is 0 Å². The molecule has 20 heavy (non-hydrogen) atoms. The van der Waals surface area contributed by atoms with Gasteiger partial charge in [0.25, 0.3) is 5.91 Å². The summed E-state index contributed by atoms with van der Waals surface area (Å²) >= 11 is 0. The smallest absolute Gasteiger partial charge is 0.269 e. The zero-order valence-corrected chi connectivity index (χ0v) is 12.1. The Bertz CT molecular complexity index is 495. The van der Waals surface area contributed by atoms with Gasteiger partial charge in [0.05, 0.1) is 11.7 Å². The highest BCUT2D eigenvalue weighted by Crippen LogP contribution is 2.31. The number of hydrogen-bond donors (Lipinski definition) is 2. The third-order valence-electron chi connectivity index (χ3n) is 3.62. The van der Waals surface area contributed by atoms with Crippen LogP contribution in [0.3, 0.4) is 0 Å². The predicted octanol–water partition coefficient (Wildman–Crippen LogP) is 1.61. The fourth-order valence-corrected chi connectivity index (χ4v) is 2.65. The van der Waals surface area contributed by atoms with E-state index in [1.807, 2.05) is 18.7 Å². The van der Waals surface area contributed by atoms with Crippen LogP contribution in [0.4, 0.5) is 0 Å². The largest absolute Gasteiger partial charge is 0.364 e. The molecule has 3 N–H and O–H groups in total. The molecule has 0 spiro atoms. The molecule has 1 unspecified atom stereocenters. The minimum Gasteiger partial charge on any atom is -0.364 e. The molecule has 0 aliphatic carbocycles. The maximum Gasteiger partial charge on any atom is 0.269 e. The van der Waals surface area contributed by atoms with Gasteiger partial charge in [-0.3, -0.25) is 14.7 Å². The number of nitrogens with two attached hydrogens (primary N) is 1. The summed E-state index contributed by atoms with van der Waals surface area (Å²) in [6.45, 7) is 4.84. The number of likely N-dealkylation sites (tertiary alicyclic amines) is 1. The molecule has 0 radical (unpaired) electrons. The van der Waals surface area contributed by atoms with E-state index >= 15 is 0 Å². The molecule has 1 aliphatic rings. The summed E-state index contributed by atoms with van der Waals surface area (Å²) in [6, 6.07) is 1.64. The van der Waals surface area contributed by atoms with Crippen molar-refractivity contribution in [2.24, 2.45) is 11.7 Å². The van der Waals surface area contributed by atoms with Crippen LogP contribution in [0.2, 0.25) is 0 Å². The van der Waals surface area contributed by atoms with Crippen LogP contribution >= 0.6 is 0 Å². The van der Waals surface area contributed by atoms with Crippen LogP contribution < -0.4 is 5.73 Å². The Labute approximate surface area is 118 Å². The molecule has 2 rings (SSSR count). The van der Waals surface area contributed by atoms with E-state index in [-0.39, 0.29) is 17.6 Å². The van der Waals surface area contributed by atoms with Crippen LogP contribution in [0.1, 0.15) is 61.8 Å². The standard InChI is InChI=1S/C14H22N4O2/c1-9(2)7-13(19)18-6-4-3-5-12(18)10-8-11(14(15)20)17-16-10/h8-9,12H,3-7H2,1-2H3,(H2,15,20)(H,16,17). The van der Waals surface area contributed by atoms with Gasteiger partial charge in [-0.1, -0.05) is 13.8 Å². The van der Waals surface area contributed by atoms with Crippen molar-refractivity contribution < 1.29 is 9.59 Å². The number of nitrogens with zero attached hydrogens (tertiary/aromatic N) is 2. The number of amides is 2. The number of piperidine rings is 1. The first-order chi connectivity index (χ1) is 9.49. The minimum atomic E-state index is -0.552. The SMILES string of the molecule is CC(C)CC(=O)N1CCCCC1c1cc(C(N)=O)n[nH]1. The summed E-state index contributed by atoms with van der Waals surface area (Å²) in [7, 11) is 0. The molecular formula is C14H22N4O2. The van der Waals surface area contributed by atoms with Crippen molar-refractivity contribution in [1.29, 1.82) is 0 Å². The van der Waals surface area contributed by atoms with E-state index in [2.05, 4.69) is 10.2 Å². The Morgan fingerprint density at radius 2 is 2.25 bits per heavy atom. The molecule has 2 heterocycles. The molecule has 1 aromatic heterocycles. The van der Waals surface area contributed by atoms with E-state index in [0.29, 0.717) is 12.3 Å². The van der Waals surface area contributed by atoms with Crippen LogP contribution in [0, 0.1) is 5.92 Å². The van der Waals surface area contributed by atoms with E-state index < -0.39 is 5.91 Å². The fraction of sp³-hybridized carbons (Fsp3) is 0.643. The zero-order chi connectivity index (χ0) is 14.7. The molecule has 1 aliphatic heterocycles. The van der Waals surface area contributed by atoms with Gasteiger partial charge in [0.15, 0.2) is 0 Å². The van der Waals surface area contributed by atoms with E-state index in [1.54, 1.807) is 6.07 Å². The van der Waals surface area contributed by atoms with Crippen LogP contribution in [-0.2, 0) is 4.79 Å². The molecule has 0 saturated carbocycles. The first-order valence-corrected chi connectivity index (χ1v) is 7.13.